The topological polar surface area (TPSA) is 20.3 Å². The zero-order chi connectivity index (χ0) is 14.3. The Hall–Kier alpha value is -1.51. The molecule has 1 amide bonds. The van der Waals surface area contributed by atoms with E-state index in [1.54, 1.807) is 11.0 Å². The molecule has 0 radical (unpaired) electrons. The van der Waals surface area contributed by atoms with Gasteiger partial charge >= 0.3 is 0 Å². The predicted molar refractivity (Wildman–Crippen MR) is 81.4 cm³/mol. The minimum Gasteiger partial charge on any atom is -0.334 e. The fourth-order valence-corrected chi connectivity index (χ4v) is 3.21. The van der Waals surface area contributed by atoms with Gasteiger partial charge in [-0.05, 0) is 35.7 Å². The third kappa shape index (κ3) is 2.19. The molecule has 20 heavy (non-hydrogen) atoms. The Kier molecular flexibility index (Phi) is 3.45. The lowest BCUT2D eigenvalue weighted by Crippen LogP contribution is -2.37. The summed E-state index contributed by atoms with van der Waals surface area (Å²) < 4.78 is 0. The number of amides is 1. The number of carbonyl (C=O) groups is 1. The zero-order valence-corrected chi connectivity index (χ0v) is 12.4. The Bertz CT molecular complexity index is 684. The van der Waals surface area contributed by atoms with Crippen LogP contribution in [0.2, 0.25) is 10.0 Å². The van der Waals surface area contributed by atoms with Gasteiger partial charge in [0.05, 0.1) is 6.04 Å². The Labute approximate surface area is 127 Å². The van der Waals surface area contributed by atoms with Gasteiger partial charge in [-0.25, -0.2) is 0 Å². The van der Waals surface area contributed by atoms with E-state index < -0.39 is 0 Å². The van der Waals surface area contributed by atoms with E-state index in [1.807, 2.05) is 43.4 Å². The first-order valence-corrected chi connectivity index (χ1v) is 7.13. The number of hydrogen-bond donors (Lipinski definition) is 0. The third-order valence-corrected chi connectivity index (χ3v) is 4.33. The van der Waals surface area contributed by atoms with Crippen molar-refractivity contribution in [1.82, 2.24) is 4.90 Å². The number of rotatable bonds is 1. The van der Waals surface area contributed by atoms with E-state index in [4.69, 9.17) is 23.2 Å². The lowest BCUT2D eigenvalue weighted by Gasteiger charge is -2.34. The minimum atomic E-state index is -0.0535. The van der Waals surface area contributed by atoms with Crippen molar-refractivity contribution in [2.45, 2.75) is 12.5 Å². The molecule has 0 fully saturated rings. The first-order valence-electron chi connectivity index (χ1n) is 6.38. The number of hydrogen-bond acceptors (Lipinski definition) is 1. The van der Waals surface area contributed by atoms with Gasteiger partial charge in [-0.3, -0.25) is 4.79 Å². The summed E-state index contributed by atoms with van der Waals surface area (Å²) in [5, 5.41) is 1.20. The van der Waals surface area contributed by atoms with E-state index in [1.165, 1.54) is 0 Å². The Morgan fingerprint density at radius 2 is 1.90 bits per heavy atom. The summed E-state index contributed by atoms with van der Waals surface area (Å²) in [4.78, 5) is 14.2. The van der Waals surface area contributed by atoms with Crippen molar-refractivity contribution >= 4 is 29.1 Å². The molecule has 2 nitrogen and oxygen atoms in total. The number of halogens is 2. The van der Waals surface area contributed by atoms with Crippen molar-refractivity contribution in [2.24, 2.45) is 0 Å². The summed E-state index contributed by atoms with van der Waals surface area (Å²) in [6, 6.07) is 13.1. The van der Waals surface area contributed by atoms with Crippen LogP contribution in [-0.4, -0.2) is 17.9 Å². The van der Waals surface area contributed by atoms with Crippen LogP contribution < -0.4 is 0 Å². The number of nitrogens with zero attached hydrogens (tertiary/aromatic N) is 1. The fourth-order valence-electron chi connectivity index (χ4n) is 2.67. The second-order valence-electron chi connectivity index (χ2n) is 4.96. The van der Waals surface area contributed by atoms with Crippen LogP contribution in [0.1, 0.15) is 27.5 Å². The molecule has 4 heteroatoms. The van der Waals surface area contributed by atoms with Crippen molar-refractivity contribution in [1.29, 1.82) is 0 Å². The number of likely N-dealkylation sites (N-methyl/N-ethyl adjacent to an activating group) is 1. The first-order chi connectivity index (χ1) is 9.58. The van der Waals surface area contributed by atoms with Crippen LogP contribution in [-0.2, 0) is 6.42 Å². The molecule has 1 aliphatic heterocycles. The molecule has 0 saturated carbocycles. The second-order valence-corrected chi connectivity index (χ2v) is 5.80. The van der Waals surface area contributed by atoms with Crippen molar-refractivity contribution in [3.05, 3.63) is 69.2 Å². The molecule has 1 unspecified atom stereocenters. The Balaban J connectivity index is 2.06. The molecule has 1 aliphatic rings. The SMILES string of the molecule is CN1C(=O)c2ccccc2CC1c1ccc(Cl)cc1Cl. The van der Waals surface area contributed by atoms with Crippen molar-refractivity contribution < 1.29 is 4.79 Å². The van der Waals surface area contributed by atoms with E-state index >= 15 is 0 Å². The van der Waals surface area contributed by atoms with Crippen molar-refractivity contribution in [3.8, 4) is 0 Å². The molecule has 0 saturated heterocycles. The lowest BCUT2D eigenvalue weighted by molar-refractivity contribution is 0.0705. The van der Waals surface area contributed by atoms with Crippen molar-refractivity contribution in [2.75, 3.05) is 7.05 Å². The molecule has 0 N–H and O–H groups in total. The van der Waals surface area contributed by atoms with Gasteiger partial charge in [-0.1, -0.05) is 47.5 Å². The monoisotopic (exact) mass is 305 g/mol. The van der Waals surface area contributed by atoms with Crippen molar-refractivity contribution in [3.63, 3.8) is 0 Å². The van der Waals surface area contributed by atoms with Crippen LogP contribution in [0, 0.1) is 0 Å². The van der Waals surface area contributed by atoms with Crippen LogP contribution in [0.15, 0.2) is 42.5 Å². The van der Waals surface area contributed by atoms with E-state index in [0.717, 1.165) is 23.1 Å². The molecule has 0 bridgehead atoms. The smallest absolute Gasteiger partial charge is 0.254 e. The summed E-state index contributed by atoms with van der Waals surface area (Å²) in [5.41, 5.74) is 2.77. The van der Waals surface area contributed by atoms with Gasteiger partial charge in [0.2, 0.25) is 0 Å². The molecular formula is C16H13Cl2NO. The average molecular weight is 306 g/mol. The summed E-state index contributed by atoms with van der Waals surface area (Å²) in [6.45, 7) is 0. The van der Waals surface area contributed by atoms with Crippen LogP contribution >= 0.6 is 23.2 Å². The third-order valence-electron chi connectivity index (χ3n) is 3.77. The highest BCUT2D eigenvalue weighted by Crippen LogP contribution is 2.36. The standard InChI is InChI=1S/C16H13Cl2NO/c1-19-15(13-7-6-11(17)9-14(13)18)8-10-4-2-3-5-12(10)16(19)20/h2-7,9,15H,8H2,1H3. The van der Waals surface area contributed by atoms with Gasteiger partial charge in [0.25, 0.3) is 5.91 Å². The first kappa shape index (κ1) is 13.5. The van der Waals surface area contributed by atoms with Gasteiger partial charge in [-0.2, -0.15) is 0 Å². The maximum atomic E-state index is 12.4. The molecule has 102 valence electrons. The van der Waals surface area contributed by atoms with E-state index in [-0.39, 0.29) is 11.9 Å². The zero-order valence-electron chi connectivity index (χ0n) is 10.9. The van der Waals surface area contributed by atoms with E-state index in [2.05, 4.69) is 0 Å². The molecule has 0 aromatic heterocycles. The lowest BCUT2D eigenvalue weighted by atomic mass is 9.90. The number of fused-ring (bicyclic) bond motifs is 1. The molecule has 2 aromatic carbocycles. The highest BCUT2D eigenvalue weighted by molar-refractivity contribution is 6.35. The van der Waals surface area contributed by atoms with Crippen LogP contribution in [0.5, 0.6) is 0 Å². The highest BCUT2D eigenvalue weighted by Gasteiger charge is 2.31. The van der Waals surface area contributed by atoms with Gasteiger partial charge in [0.1, 0.15) is 0 Å². The number of benzene rings is 2. The van der Waals surface area contributed by atoms with Gasteiger partial charge < -0.3 is 4.90 Å². The molecule has 3 rings (SSSR count). The summed E-state index contributed by atoms with van der Waals surface area (Å²) in [6.07, 6.45) is 0.764. The largest absolute Gasteiger partial charge is 0.334 e. The molecule has 1 heterocycles. The fraction of sp³-hybridized carbons (Fsp3) is 0.188. The summed E-state index contributed by atoms with van der Waals surface area (Å²) in [7, 11) is 1.81. The highest BCUT2D eigenvalue weighted by atomic mass is 35.5. The summed E-state index contributed by atoms with van der Waals surface area (Å²) >= 11 is 12.2. The maximum Gasteiger partial charge on any atom is 0.254 e. The minimum absolute atomic E-state index is 0.0304. The normalized spacial score (nSPS) is 18.1. The molecule has 0 aliphatic carbocycles. The van der Waals surface area contributed by atoms with E-state index in [9.17, 15) is 4.79 Å². The van der Waals surface area contributed by atoms with Crippen LogP contribution in [0.3, 0.4) is 0 Å². The Morgan fingerprint density at radius 3 is 2.65 bits per heavy atom. The van der Waals surface area contributed by atoms with Gasteiger partial charge in [0.15, 0.2) is 0 Å². The van der Waals surface area contributed by atoms with Gasteiger partial charge in [-0.15, -0.1) is 0 Å². The maximum absolute atomic E-state index is 12.4. The predicted octanol–water partition coefficient (Wildman–Crippen LogP) is 4.36. The molecular weight excluding hydrogens is 293 g/mol. The summed E-state index contributed by atoms with van der Waals surface area (Å²) in [5.74, 6) is 0.0304. The van der Waals surface area contributed by atoms with Crippen LogP contribution in [0.25, 0.3) is 0 Å². The second kappa shape index (κ2) is 5.12. The molecule has 2 aromatic rings. The van der Waals surface area contributed by atoms with Crippen LogP contribution in [0.4, 0.5) is 0 Å². The van der Waals surface area contributed by atoms with Gasteiger partial charge in [0, 0.05) is 22.7 Å². The number of carbonyl (C=O) groups excluding carboxylic acids is 1. The van der Waals surface area contributed by atoms with E-state index in [0.29, 0.717) is 10.0 Å². The average Bonchev–Trinajstić information content (AvgIpc) is 2.43. The molecule has 0 spiro atoms. The quantitative estimate of drug-likeness (QED) is 0.766. The molecule has 1 atom stereocenters. The Morgan fingerprint density at radius 1 is 1.15 bits per heavy atom.